The Labute approximate surface area is 121 Å². The van der Waals surface area contributed by atoms with E-state index in [2.05, 4.69) is 24.8 Å². The fourth-order valence-electron chi connectivity index (χ4n) is 2.45. The van der Waals surface area contributed by atoms with Gasteiger partial charge in [-0.3, -0.25) is 4.90 Å². The van der Waals surface area contributed by atoms with Gasteiger partial charge in [0, 0.05) is 6.54 Å². The molecule has 0 amide bonds. The predicted octanol–water partition coefficient (Wildman–Crippen LogP) is 3.61. The second-order valence-electron chi connectivity index (χ2n) is 4.97. The average molecular weight is 269 g/mol. The van der Waals surface area contributed by atoms with Crippen LogP contribution in [0, 0.1) is 0 Å². The van der Waals surface area contributed by atoms with Crippen LogP contribution in [0.2, 0.25) is 0 Å². The van der Waals surface area contributed by atoms with Crippen LogP contribution >= 0.6 is 0 Å². The highest BCUT2D eigenvalue weighted by molar-refractivity contribution is 5.35. The molecule has 1 N–H and O–H groups in total. The molecular weight excluding hydrogens is 246 g/mol. The molecule has 20 heavy (non-hydrogen) atoms. The Morgan fingerprint density at radius 2 is 1.50 bits per heavy atom. The first-order valence-corrected chi connectivity index (χ1v) is 7.29. The molecule has 0 heterocycles. The third-order valence-corrected chi connectivity index (χ3v) is 3.75. The van der Waals surface area contributed by atoms with Crippen LogP contribution < -0.4 is 0 Å². The maximum Gasteiger partial charge on any atom is 0.104 e. The van der Waals surface area contributed by atoms with Crippen molar-refractivity contribution < 1.29 is 5.11 Å². The average Bonchev–Trinajstić information content (AvgIpc) is 2.53. The largest absolute Gasteiger partial charge is 0.384 e. The Morgan fingerprint density at radius 1 is 0.900 bits per heavy atom. The van der Waals surface area contributed by atoms with E-state index in [0.717, 1.165) is 30.8 Å². The zero-order chi connectivity index (χ0) is 14.4. The molecule has 0 aliphatic rings. The monoisotopic (exact) mass is 269 g/mol. The summed E-state index contributed by atoms with van der Waals surface area (Å²) in [5.74, 6) is 0. The van der Waals surface area contributed by atoms with Gasteiger partial charge in [0.1, 0.15) is 6.10 Å². The van der Waals surface area contributed by atoms with Crippen molar-refractivity contribution in [1.29, 1.82) is 0 Å². The zero-order valence-electron chi connectivity index (χ0n) is 12.3. The minimum atomic E-state index is -0.553. The van der Waals surface area contributed by atoms with Gasteiger partial charge in [-0.15, -0.1) is 0 Å². The molecule has 0 aliphatic heterocycles. The molecule has 2 aromatic rings. The van der Waals surface area contributed by atoms with Crippen LogP contribution in [-0.2, 0) is 6.54 Å². The number of hydrogen-bond acceptors (Lipinski definition) is 2. The highest BCUT2D eigenvalue weighted by Gasteiger charge is 2.14. The standard InChI is InChI=1S/C18H23NO/c1-3-19(4-2)14-16-12-8-9-13-17(16)18(20)15-10-6-5-7-11-15/h5-13,18,20H,3-4,14H2,1-2H3. The molecule has 2 nitrogen and oxygen atoms in total. The molecule has 0 radical (unpaired) electrons. The molecule has 1 unspecified atom stereocenters. The van der Waals surface area contributed by atoms with Crippen LogP contribution in [0.4, 0.5) is 0 Å². The van der Waals surface area contributed by atoms with E-state index >= 15 is 0 Å². The summed E-state index contributed by atoms with van der Waals surface area (Å²) in [4.78, 5) is 2.36. The number of benzene rings is 2. The summed E-state index contributed by atoms with van der Waals surface area (Å²) >= 11 is 0. The lowest BCUT2D eigenvalue weighted by atomic mass is 9.96. The summed E-state index contributed by atoms with van der Waals surface area (Å²) in [7, 11) is 0. The number of aliphatic hydroxyl groups excluding tert-OH is 1. The van der Waals surface area contributed by atoms with E-state index < -0.39 is 6.10 Å². The van der Waals surface area contributed by atoms with Gasteiger partial charge >= 0.3 is 0 Å². The zero-order valence-corrected chi connectivity index (χ0v) is 12.3. The van der Waals surface area contributed by atoms with Crippen LogP contribution in [0.5, 0.6) is 0 Å². The second-order valence-corrected chi connectivity index (χ2v) is 4.97. The molecule has 0 saturated carbocycles. The molecular formula is C18H23NO. The summed E-state index contributed by atoms with van der Waals surface area (Å²) in [6.07, 6.45) is -0.553. The Morgan fingerprint density at radius 3 is 2.15 bits per heavy atom. The van der Waals surface area contributed by atoms with E-state index in [1.807, 2.05) is 48.5 Å². The van der Waals surface area contributed by atoms with Gasteiger partial charge in [0.05, 0.1) is 0 Å². The maximum atomic E-state index is 10.6. The first-order valence-electron chi connectivity index (χ1n) is 7.29. The molecule has 0 aromatic heterocycles. The van der Waals surface area contributed by atoms with Gasteiger partial charge < -0.3 is 5.11 Å². The van der Waals surface area contributed by atoms with Crippen molar-refractivity contribution in [2.45, 2.75) is 26.5 Å². The van der Waals surface area contributed by atoms with Crippen molar-refractivity contribution in [1.82, 2.24) is 4.90 Å². The molecule has 1 atom stereocenters. The van der Waals surface area contributed by atoms with E-state index in [-0.39, 0.29) is 0 Å². The first kappa shape index (κ1) is 14.8. The predicted molar refractivity (Wildman–Crippen MR) is 83.6 cm³/mol. The quantitative estimate of drug-likeness (QED) is 0.866. The molecule has 2 heteroatoms. The number of rotatable bonds is 6. The van der Waals surface area contributed by atoms with E-state index in [1.54, 1.807) is 0 Å². The number of aliphatic hydroxyl groups is 1. The van der Waals surface area contributed by atoms with Crippen LogP contribution in [0.3, 0.4) is 0 Å². The lowest BCUT2D eigenvalue weighted by Gasteiger charge is -2.22. The Kier molecular flexibility index (Phi) is 5.33. The summed E-state index contributed by atoms with van der Waals surface area (Å²) in [5.41, 5.74) is 3.15. The molecule has 2 rings (SSSR count). The van der Waals surface area contributed by atoms with Gasteiger partial charge in [-0.25, -0.2) is 0 Å². The van der Waals surface area contributed by atoms with Crippen LogP contribution in [0.15, 0.2) is 54.6 Å². The number of nitrogens with zero attached hydrogens (tertiary/aromatic N) is 1. The molecule has 0 aliphatic carbocycles. The fraction of sp³-hybridized carbons (Fsp3) is 0.333. The summed E-state index contributed by atoms with van der Waals surface area (Å²) in [5, 5.41) is 10.6. The van der Waals surface area contributed by atoms with E-state index in [1.165, 1.54) is 5.56 Å². The molecule has 0 fully saturated rings. The lowest BCUT2D eigenvalue weighted by molar-refractivity contribution is 0.215. The smallest absolute Gasteiger partial charge is 0.104 e. The van der Waals surface area contributed by atoms with Gasteiger partial charge in [0.15, 0.2) is 0 Å². The lowest BCUT2D eigenvalue weighted by Crippen LogP contribution is -2.23. The maximum absolute atomic E-state index is 10.6. The third kappa shape index (κ3) is 3.47. The molecule has 0 saturated heterocycles. The topological polar surface area (TPSA) is 23.5 Å². The minimum absolute atomic E-state index is 0.553. The molecule has 2 aromatic carbocycles. The van der Waals surface area contributed by atoms with Crippen molar-refractivity contribution in [3.8, 4) is 0 Å². The Balaban J connectivity index is 2.28. The summed E-state index contributed by atoms with van der Waals surface area (Å²) in [6.45, 7) is 7.26. The molecule has 0 bridgehead atoms. The first-order chi connectivity index (χ1) is 9.76. The SMILES string of the molecule is CCN(CC)Cc1ccccc1C(O)c1ccccc1. The van der Waals surface area contributed by atoms with Gasteiger partial charge in [0.2, 0.25) is 0 Å². The normalized spacial score (nSPS) is 12.6. The van der Waals surface area contributed by atoms with Crippen molar-refractivity contribution in [2.75, 3.05) is 13.1 Å². The van der Waals surface area contributed by atoms with Crippen LogP contribution in [-0.4, -0.2) is 23.1 Å². The van der Waals surface area contributed by atoms with E-state index in [4.69, 9.17) is 0 Å². The van der Waals surface area contributed by atoms with Gasteiger partial charge in [-0.05, 0) is 29.8 Å². The van der Waals surface area contributed by atoms with Crippen molar-refractivity contribution >= 4 is 0 Å². The van der Waals surface area contributed by atoms with Gasteiger partial charge in [0.25, 0.3) is 0 Å². The molecule has 0 spiro atoms. The van der Waals surface area contributed by atoms with Crippen LogP contribution in [0.25, 0.3) is 0 Å². The van der Waals surface area contributed by atoms with E-state index in [0.29, 0.717) is 0 Å². The fourth-order valence-corrected chi connectivity index (χ4v) is 2.45. The highest BCUT2D eigenvalue weighted by Crippen LogP contribution is 2.25. The minimum Gasteiger partial charge on any atom is -0.384 e. The van der Waals surface area contributed by atoms with Crippen LogP contribution in [0.1, 0.15) is 36.6 Å². The summed E-state index contributed by atoms with van der Waals surface area (Å²) in [6, 6.07) is 18.0. The van der Waals surface area contributed by atoms with E-state index in [9.17, 15) is 5.11 Å². The number of hydrogen-bond donors (Lipinski definition) is 1. The van der Waals surface area contributed by atoms with Crippen molar-refractivity contribution in [3.05, 3.63) is 71.3 Å². The van der Waals surface area contributed by atoms with Crippen molar-refractivity contribution in [2.24, 2.45) is 0 Å². The Bertz CT molecular complexity index is 520. The Hall–Kier alpha value is -1.64. The third-order valence-electron chi connectivity index (χ3n) is 3.75. The van der Waals surface area contributed by atoms with Gasteiger partial charge in [-0.2, -0.15) is 0 Å². The van der Waals surface area contributed by atoms with Gasteiger partial charge in [-0.1, -0.05) is 68.4 Å². The summed E-state index contributed by atoms with van der Waals surface area (Å²) < 4.78 is 0. The molecule has 106 valence electrons. The second kappa shape index (κ2) is 7.22. The highest BCUT2D eigenvalue weighted by atomic mass is 16.3. The van der Waals surface area contributed by atoms with Crippen molar-refractivity contribution in [3.63, 3.8) is 0 Å².